The van der Waals surface area contributed by atoms with Crippen molar-refractivity contribution >= 4 is 33.7 Å². The predicted molar refractivity (Wildman–Crippen MR) is 130 cm³/mol. The smallest absolute Gasteiger partial charge is 0.347 e. The second-order valence-electron chi connectivity index (χ2n) is 7.76. The van der Waals surface area contributed by atoms with Gasteiger partial charge in [0, 0.05) is 34.6 Å². The summed E-state index contributed by atoms with van der Waals surface area (Å²) in [6.45, 7) is 0.660. The van der Waals surface area contributed by atoms with E-state index >= 15 is 0 Å². The zero-order valence-electron chi connectivity index (χ0n) is 18.0. The van der Waals surface area contributed by atoms with Crippen LogP contribution in [0.2, 0.25) is 0 Å². The van der Waals surface area contributed by atoms with Crippen molar-refractivity contribution in [2.75, 3.05) is 7.11 Å². The zero-order chi connectivity index (χ0) is 22.8. The van der Waals surface area contributed by atoms with Crippen LogP contribution in [-0.2, 0) is 6.54 Å². The first kappa shape index (κ1) is 20.5. The molecule has 0 unspecified atom stereocenters. The van der Waals surface area contributed by atoms with Crippen molar-refractivity contribution in [2.24, 2.45) is 0 Å². The van der Waals surface area contributed by atoms with Crippen LogP contribution in [0, 0.1) is 0 Å². The Morgan fingerprint density at radius 1 is 1.00 bits per heavy atom. The van der Waals surface area contributed by atoms with Gasteiger partial charge >= 0.3 is 5.63 Å². The molecule has 5 nitrogen and oxygen atoms in total. The lowest BCUT2D eigenvalue weighted by Gasteiger charge is -2.07. The van der Waals surface area contributed by atoms with E-state index in [1.807, 2.05) is 60.8 Å². The molecule has 0 saturated heterocycles. The van der Waals surface area contributed by atoms with Crippen molar-refractivity contribution in [3.05, 3.63) is 118 Å². The quantitative estimate of drug-likeness (QED) is 0.195. The molecular weight excluding hydrogens is 414 g/mol. The van der Waals surface area contributed by atoms with Crippen LogP contribution in [0.4, 0.5) is 0 Å². The molecule has 0 radical (unpaired) electrons. The molecule has 0 spiro atoms. The van der Waals surface area contributed by atoms with E-state index in [-0.39, 0.29) is 11.3 Å². The minimum atomic E-state index is -0.635. The third kappa shape index (κ3) is 4.08. The average molecular weight is 435 g/mol. The number of rotatable bonds is 6. The molecule has 0 aliphatic rings. The minimum absolute atomic E-state index is 0.0186. The van der Waals surface area contributed by atoms with Crippen LogP contribution in [0.15, 0.2) is 100 Å². The van der Waals surface area contributed by atoms with Crippen LogP contribution in [0.5, 0.6) is 5.75 Å². The van der Waals surface area contributed by atoms with Crippen molar-refractivity contribution in [2.45, 2.75) is 6.54 Å². The van der Waals surface area contributed by atoms with Gasteiger partial charge in [-0.15, -0.1) is 0 Å². The standard InChI is InChI=1S/C28H21NO4/c1-32-22-9-6-7-19(15-22)17-29-18-21(23-10-3-4-11-25(23)29)13-14-26(30)24-16-20-8-2-5-12-27(20)33-28(24)31/h2-16,18H,17H2,1H3/b14-13+. The Morgan fingerprint density at radius 2 is 1.82 bits per heavy atom. The molecule has 5 heteroatoms. The van der Waals surface area contributed by atoms with Gasteiger partial charge in [0.05, 0.1) is 7.11 Å². The van der Waals surface area contributed by atoms with Gasteiger partial charge in [0.15, 0.2) is 5.78 Å². The third-order valence-electron chi connectivity index (χ3n) is 5.63. The topological polar surface area (TPSA) is 61.4 Å². The summed E-state index contributed by atoms with van der Waals surface area (Å²) in [6.07, 6.45) is 5.19. The number of ether oxygens (including phenoxy) is 1. The van der Waals surface area contributed by atoms with Gasteiger partial charge in [0.1, 0.15) is 16.9 Å². The molecule has 2 heterocycles. The fourth-order valence-electron chi connectivity index (χ4n) is 4.00. The summed E-state index contributed by atoms with van der Waals surface area (Å²) in [6, 6.07) is 24.7. The van der Waals surface area contributed by atoms with Gasteiger partial charge in [-0.25, -0.2) is 4.79 Å². The fraction of sp³-hybridized carbons (Fsp3) is 0.0714. The number of ketones is 1. The summed E-state index contributed by atoms with van der Waals surface area (Å²) >= 11 is 0. The number of nitrogens with zero attached hydrogens (tertiary/aromatic N) is 1. The summed E-state index contributed by atoms with van der Waals surface area (Å²) in [7, 11) is 1.65. The van der Waals surface area contributed by atoms with Gasteiger partial charge in [-0.3, -0.25) is 4.79 Å². The number of hydrogen-bond donors (Lipinski definition) is 0. The van der Waals surface area contributed by atoms with Gasteiger partial charge in [-0.2, -0.15) is 0 Å². The molecule has 5 rings (SSSR count). The maximum Gasteiger partial charge on any atom is 0.347 e. The molecule has 0 bridgehead atoms. The highest BCUT2D eigenvalue weighted by molar-refractivity contribution is 6.08. The normalized spacial score (nSPS) is 11.4. The van der Waals surface area contributed by atoms with E-state index in [2.05, 4.69) is 10.6 Å². The van der Waals surface area contributed by atoms with Gasteiger partial charge in [-0.1, -0.05) is 48.5 Å². The molecule has 162 valence electrons. The van der Waals surface area contributed by atoms with Gasteiger partial charge < -0.3 is 13.7 Å². The maximum atomic E-state index is 12.8. The van der Waals surface area contributed by atoms with E-state index < -0.39 is 5.63 Å². The molecule has 0 atom stereocenters. The van der Waals surface area contributed by atoms with Crippen molar-refractivity contribution in [3.8, 4) is 5.75 Å². The minimum Gasteiger partial charge on any atom is -0.497 e. The summed E-state index contributed by atoms with van der Waals surface area (Å²) in [5.41, 5.74) is 2.90. The second kappa shape index (κ2) is 8.63. The van der Waals surface area contributed by atoms with E-state index in [0.29, 0.717) is 17.5 Å². The number of methoxy groups -OCH3 is 1. The van der Waals surface area contributed by atoms with E-state index in [9.17, 15) is 9.59 Å². The number of hydrogen-bond acceptors (Lipinski definition) is 4. The second-order valence-corrected chi connectivity index (χ2v) is 7.76. The van der Waals surface area contributed by atoms with Gasteiger partial charge in [0.2, 0.25) is 0 Å². The molecule has 33 heavy (non-hydrogen) atoms. The first-order valence-electron chi connectivity index (χ1n) is 10.6. The molecule has 5 aromatic rings. The molecule has 0 aliphatic carbocycles. The molecule has 0 saturated carbocycles. The molecule has 0 N–H and O–H groups in total. The van der Waals surface area contributed by atoms with Gasteiger partial charge in [0.25, 0.3) is 0 Å². The zero-order valence-corrected chi connectivity index (χ0v) is 18.0. The van der Waals surface area contributed by atoms with Crippen LogP contribution in [-0.4, -0.2) is 17.5 Å². The van der Waals surface area contributed by atoms with E-state index in [4.69, 9.17) is 9.15 Å². The predicted octanol–water partition coefficient (Wildman–Crippen LogP) is 5.70. The largest absolute Gasteiger partial charge is 0.497 e. The lowest BCUT2D eigenvalue weighted by atomic mass is 10.1. The molecule has 3 aromatic carbocycles. The highest BCUT2D eigenvalue weighted by atomic mass is 16.5. The first-order chi connectivity index (χ1) is 16.1. The lowest BCUT2D eigenvalue weighted by Crippen LogP contribution is -2.11. The summed E-state index contributed by atoms with van der Waals surface area (Å²) in [5, 5.41) is 1.73. The highest BCUT2D eigenvalue weighted by Crippen LogP contribution is 2.25. The number of carbonyl (C=O) groups is 1. The molecule has 0 aliphatic heterocycles. The van der Waals surface area contributed by atoms with Crippen molar-refractivity contribution in [1.82, 2.24) is 4.57 Å². The van der Waals surface area contributed by atoms with Crippen molar-refractivity contribution < 1.29 is 13.9 Å². The van der Waals surface area contributed by atoms with Crippen LogP contribution in [0.3, 0.4) is 0 Å². The molecule has 2 aromatic heterocycles. The van der Waals surface area contributed by atoms with Gasteiger partial charge in [-0.05, 0) is 48.0 Å². The number of allylic oxidation sites excluding steroid dienone is 1. The monoisotopic (exact) mass is 435 g/mol. The van der Waals surface area contributed by atoms with E-state index in [1.54, 1.807) is 31.4 Å². The number of fused-ring (bicyclic) bond motifs is 2. The van der Waals surface area contributed by atoms with Crippen LogP contribution >= 0.6 is 0 Å². The molecule has 0 amide bonds. The van der Waals surface area contributed by atoms with E-state index in [0.717, 1.165) is 27.8 Å². The first-order valence-corrected chi connectivity index (χ1v) is 10.6. The SMILES string of the molecule is COc1cccc(Cn2cc(/C=C/C(=O)c3cc4ccccc4oc3=O)c3ccccc32)c1. The number of benzene rings is 3. The Hall–Kier alpha value is -4.38. The third-order valence-corrected chi connectivity index (χ3v) is 5.63. The Balaban J connectivity index is 1.48. The van der Waals surface area contributed by atoms with Crippen molar-refractivity contribution in [1.29, 1.82) is 0 Å². The maximum absolute atomic E-state index is 12.8. The van der Waals surface area contributed by atoms with E-state index in [1.165, 1.54) is 6.08 Å². The molecular formula is C28H21NO4. The lowest BCUT2D eigenvalue weighted by molar-refractivity contribution is 0.104. The van der Waals surface area contributed by atoms with Crippen LogP contribution < -0.4 is 10.4 Å². The number of aromatic nitrogens is 1. The summed E-state index contributed by atoms with van der Waals surface area (Å²) < 4.78 is 12.8. The van der Waals surface area contributed by atoms with Crippen LogP contribution in [0.1, 0.15) is 21.5 Å². The Labute approximate surface area is 190 Å². The number of carbonyl (C=O) groups excluding carboxylic acids is 1. The Morgan fingerprint density at radius 3 is 2.70 bits per heavy atom. The summed E-state index contributed by atoms with van der Waals surface area (Å²) in [5.74, 6) is 0.419. The van der Waals surface area contributed by atoms with Crippen molar-refractivity contribution in [3.63, 3.8) is 0 Å². The Kier molecular flexibility index (Phi) is 5.37. The number of para-hydroxylation sites is 2. The molecule has 0 fully saturated rings. The Bertz CT molecular complexity index is 1570. The van der Waals surface area contributed by atoms with Crippen LogP contribution in [0.25, 0.3) is 27.9 Å². The average Bonchev–Trinajstić information content (AvgIpc) is 3.19. The summed E-state index contributed by atoms with van der Waals surface area (Å²) in [4.78, 5) is 25.1. The fourth-order valence-corrected chi connectivity index (χ4v) is 4.00. The highest BCUT2D eigenvalue weighted by Gasteiger charge is 2.12.